The van der Waals surface area contributed by atoms with Gasteiger partial charge in [0.25, 0.3) is 0 Å². The molecule has 2 bridgehead atoms. The lowest BCUT2D eigenvalue weighted by Crippen LogP contribution is -2.26. The van der Waals surface area contributed by atoms with Gasteiger partial charge < -0.3 is 15.4 Å². The number of allylic oxidation sites excluding steroid dienone is 1. The number of rotatable bonds is 0. The number of anilines is 1. The highest BCUT2D eigenvalue weighted by molar-refractivity contribution is 6.34. The summed E-state index contributed by atoms with van der Waals surface area (Å²) in [6.07, 6.45) is -3.35. The minimum Gasteiger partial charge on any atom is -0.463 e. The molecule has 150 valence electrons. The molecule has 2 N–H and O–H groups in total. The van der Waals surface area contributed by atoms with Crippen LogP contribution < -0.4 is 15.4 Å². The summed E-state index contributed by atoms with van der Waals surface area (Å²) in [5, 5.41) is 4.76. The fourth-order valence-corrected chi connectivity index (χ4v) is 3.67. The van der Waals surface area contributed by atoms with Crippen molar-refractivity contribution in [3.05, 3.63) is 65.0 Å². The van der Waals surface area contributed by atoms with Crippen LogP contribution in [0.5, 0.6) is 6.01 Å². The monoisotopic (exact) mass is 420 g/mol. The van der Waals surface area contributed by atoms with E-state index in [1.54, 1.807) is 0 Å². The first-order valence-electron chi connectivity index (χ1n) is 8.78. The van der Waals surface area contributed by atoms with Crippen LogP contribution in [-0.2, 0) is 6.42 Å². The fraction of sp³-hybridized carbons (Fsp3) is 0.200. The minimum atomic E-state index is -4.74. The highest BCUT2D eigenvalue weighted by Crippen LogP contribution is 2.45. The van der Waals surface area contributed by atoms with Crippen molar-refractivity contribution >= 4 is 34.4 Å². The number of benzene rings is 1. The number of halogens is 4. The Morgan fingerprint density at radius 3 is 2.59 bits per heavy atom. The maximum atomic E-state index is 13.8. The highest BCUT2D eigenvalue weighted by atomic mass is 35.5. The Morgan fingerprint density at radius 1 is 1.07 bits per heavy atom. The van der Waals surface area contributed by atoms with E-state index in [9.17, 15) is 13.2 Å². The van der Waals surface area contributed by atoms with Crippen LogP contribution in [0.3, 0.4) is 0 Å². The van der Waals surface area contributed by atoms with E-state index in [0.29, 0.717) is 25.1 Å². The lowest BCUT2D eigenvalue weighted by atomic mass is 9.98. The van der Waals surface area contributed by atoms with E-state index in [0.717, 1.165) is 11.1 Å². The summed E-state index contributed by atoms with van der Waals surface area (Å²) >= 11 is 5.90. The molecule has 4 rings (SSSR count). The topological polar surface area (TPSA) is 59.1 Å². The molecule has 0 saturated carbocycles. The van der Waals surface area contributed by atoms with Crippen molar-refractivity contribution < 1.29 is 17.9 Å². The molecule has 1 aromatic carbocycles. The summed E-state index contributed by atoms with van der Waals surface area (Å²) < 4.78 is 47.0. The average Bonchev–Trinajstić information content (AvgIpc) is 2.66. The van der Waals surface area contributed by atoms with Crippen molar-refractivity contribution in [2.75, 3.05) is 11.9 Å². The minimum absolute atomic E-state index is 0.0328. The third-order valence-electron chi connectivity index (χ3n) is 4.62. The summed E-state index contributed by atoms with van der Waals surface area (Å²) in [5.74, 6) is -0.0974. The van der Waals surface area contributed by atoms with Gasteiger partial charge in [-0.3, -0.25) is 0 Å². The van der Waals surface area contributed by atoms with Gasteiger partial charge in [0.2, 0.25) is 0 Å². The molecule has 0 aliphatic carbocycles. The molecule has 0 saturated heterocycles. The number of aromatic nitrogens is 2. The molecular weight excluding hydrogens is 405 g/mol. The Bertz CT molecular complexity index is 1060. The first-order chi connectivity index (χ1) is 13.8. The van der Waals surface area contributed by atoms with Crippen molar-refractivity contribution in [2.24, 2.45) is 0 Å². The molecule has 2 aliphatic rings. The van der Waals surface area contributed by atoms with E-state index in [4.69, 9.17) is 16.3 Å². The smallest absolute Gasteiger partial charge is 0.420 e. The number of nitrogens with one attached hydrogen (secondary N) is 2. The molecule has 5 nitrogen and oxygen atoms in total. The molecule has 0 radical (unpaired) electrons. The molecule has 9 heteroatoms. The van der Waals surface area contributed by atoms with E-state index < -0.39 is 16.9 Å². The Hall–Kier alpha value is -3.00. The molecule has 0 amide bonds. The second-order valence-electron chi connectivity index (χ2n) is 6.58. The number of alkyl halides is 3. The van der Waals surface area contributed by atoms with E-state index in [1.165, 1.54) is 0 Å². The van der Waals surface area contributed by atoms with Gasteiger partial charge in [0.1, 0.15) is 22.2 Å². The maximum Gasteiger partial charge on any atom is 0.420 e. The summed E-state index contributed by atoms with van der Waals surface area (Å²) in [5.41, 5.74) is 0.920. The van der Waals surface area contributed by atoms with Crippen LogP contribution in [0, 0.1) is 0 Å². The predicted octanol–water partition coefficient (Wildman–Crippen LogP) is 4.93. The third kappa shape index (κ3) is 3.55. The van der Waals surface area contributed by atoms with Gasteiger partial charge in [0, 0.05) is 11.3 Å². The molecule has 2 aromatic rings. The van der Waals surface area contributed by atoms with Crippen LogP contribution >= 0.6 is 11.6 Å². The Balaban J connectivity index is 1.93. The molecule has 1 aromatic heterocycles. The molecule has 0 spiro atoms. The van der Waals surface area contributed by atoms with Crippen molar-refractivity contribution in [1.82, 2.24) is 15.3 Å². The second-order valence-corrected chi connectivity index (χ2v) is 6.96. The number of aryl methyl sites for hydroxylation is 1. The first-order valence-corrected chi connectivity index (χ1v) is 9.16. The van der Waals surface area contributed by atoms with Crippen LogP contribution in [-0.4, -0.2) is 22.8 Å². The molecule has 0 fully saturated rings. The molecular formula is C20H16ClF3N4O. The molecule has 2 aliphatic heterocycles. The molecule has 3 heterocycles. The lowest BCUT2D eigenvalue weighted by Gasteiger charge is -2.26. The van der Waals surface area contributed by atoms with Crippen LogP contribution in [0.25, 0.3) is 17.0 Å². The van der Waals surface area contributed by atoms with E-state index in [1.807, 2.05) is 24.3 Å². The SMILES string of the molecule is C=C1Nc2nc(nc3c2C(C(F)(F)F)=C(Cl)NC3=C)OCCCc2ccccc21. The number of nitrogens with zero attached hydrogens (tertiary/aromatic N) is 2. The lowest BCUT2D eigenvalue weighted by molar-refractivity contribution is -0.0694. The first kappa shape index (κ1) is 19.3. The zero-order chi connectivity index (χ0) is 20.8. The van der Waals surface area contributed by atoms with Gasteiger partial charge in [-0.25, -0.2) is 0 Å². The summed E-state index contributed by atoms with van der Waals surface area (Å²) in [6.45, 7) is 8.05. The number of fused-ring (bicyclic) bond motifs is 5. The van der Waals surface area contributed by atoms with Crippen LogP contribution in [0.2, 0.25) is 0 Å². The highest BCUT2D eigenvalue weighted by Gasteiger charge is 2.43. The quantitative estimate of drug-likeness (QED) is 0.592. The predicted molar refractivity (Wildman–Crippen MR) is 106 cm³/mol. The molecule has 0 atom stereocenters. The van der Waals surface area contributed by atoms with Crippen molar-refractivity contribution in [3.8, 4) is 6.01 Å². The van der Waals surface area contributed by atoms with Gasteiger partial charge in [-0.2, -0.15) is 23.1 Å². The van der Waals surface area contributed by atoms with E-state index in [2.05, 4.69) is 33.8 Å². The second kappa shape index (κ2) is 7.11. The Kier molecular flexibility index (Phi) is 4.74. The van der Waals surface area contributed by atoms with E-state index in [-0.39, 0.29) is 28.8 Å². The summed E-state index contributed by atoms with van der Waals surface area (Å²) in [4.78, 5) is 8.32. The number of ether oxygens (including phenoxy) is 1. The maximum absolute atomic E-state index is 13.8. The van der Waals surface area contributed by atoms with Crippen LogP contribution in [0.4, 0.5) is 19.0 Å². The van der Waals surface area contributed by atoms with Gasteiger partial charge in [-0.05, 0) is 18.4 Å². The Labute approximate surface area is 170 Å². The molecule has 0 unspecified atom stereocenters. The van der Waals surface area contributed by atoms with Gasteiger partial charge in [-0.15, -0.1) is 0 Å². The number of hydrogen-bond donors (Lipinski definition) is 2. The van der Waals surface area contributed by atoms with Crippen LogP contribution in [0.15, 0.2) is 42.6 Å². The van der Waals surface area contributed by atoms with Gasteiger partial charge in [-0.1, -0.05) is 49.0 Å². The Morgan fingerprint density at radius 2 is 1.83 bits per heavy atom. The normalized spacial score (nSPS) is 16.7. The van der Waals surface area contributed by atoms with Crippen molar-refractivity contribution in [3.63, 3.8) is 0 Å². The fourth-order valence-electron chi connectivity index (χ4n) is 3.35. The van der Waals surface area contributed by atoms with Crippen molar-refractivity contribution in [2.45, 2.75) is 19.0 Å². The third-order valence-corrected chi connectivity index (χ3v) is 4.90. The largest absolute Gasteiger partial charge is 0.463 e. The zero-order valence-corrected chi connectivity index (χ0v) is 15.9. The van der Waals surface area contributed by atoms with E-state index >= 15 is 0 Å². The zero-order valence-electron chi connectivity index (χ0n) is 15.2. The van der Waals surface area contributed by atoms with Crippen LogP contribution in [0.1, 0.15) is 28.8 Å². The molecule has 29 heavy (non-hydrogen) atoms. The standard InChI is InChI=1S/C20H16ClF3N4O/c1-10-13-8-4-3-6-12(13)7-5-9-29-19-27-16-11(2)25-17(21)15(20(22,23)24)14(16)18(26-10)28-19/h3-4,6,8,25H,1-2,5,7,9H2,(H,26,27,28). The van der Waals surface area contributed by atoms with Gasteiger partial charge in [0.05, 0.1) is 17.9 Å². The van der Waals surface area contributed by atoms with Gasteiger partial charge >= 0.3 is 12.2 Å². The van der Waals surface area contributed by atoms with Gasteiger partial charge in [0.15, 0.2) is 0 Å². The summed E-state index contributed by atoms with van der Waals surface area (Å²) in [7, 11) is 0. The average molecular weight is 421 g/mol. The van der Waals surface area contributed by atoms with Crippen molar-refractivity contribution in [1.29, 1.82) is 0 Å². The number of hydrogen-bond acceptors (Lipinski definition) is 5. The summed E-state index contributed by atoms with van der Waals surface area (Å²) in [6, 6.07) is 7.49.